The summed E-state index contributed by atoms with van der Waals surface area (Å²) in [5.74, 6) is 1.02. The van der Waals surface area contributed by atoms with E-state index < -0.39 is 16.1 Å². The molecule has 1 aliphatic rings. The quantitative estimate of drug-likeness (QED) is 0.783. The molecule has 144 valence electrons. The summed E-state index contributed by atoms with van der Waals surface area (Å²) >= 11 is 0. The molecule has 1 atom stereocenters. The molecule has 1 N–H and O–H groups in total. The number of hydrogen-bond donors (Lipinski definition) is 1. The molecule has 0 radical (unpaired) electrons. The summed E-state index contributed by atoms with van der Waals surface area (Å²) in [6.07, 6.45) is -0.499. The molecule has 27 heavy (non-hydrogen) atoms. The number of benzene rings is 2. The smallest absolute Gasteiger partial charge is 0.267 e. The van der Waals surface area contributed by atoms with Crippen molar-refractivity contribution in [1.29, 1.82) is 0 Å². The Balaban J connectivity index is 1.61. The van der Waals surface area contributed by atoms with Crippen LogP contribution in [0.5, 0.6) is 11.5 Å². The standard InChI is InChI=1S/C19H22N2O5S/c1-3-25-14-8-10-15(11-9-14)27(23,24)20-13-12-18-19(22)21(2)16-6-4-5-7-17(16)26-18/h4-11,18,20H,3,12-13H2,1-2H3. The third kappa shape index (κ3) is 4.23. The van der Waals surface area contributed by atoms with Crippen molar-refractivity contribution >= 4 is 21.6 Å². The summed E-state index contributed by atoms with van der Waals surface area (Å²) in [6.45, 7) is 2.45. The van der Waals surface area contributed by atoms with Gasteiger partial charge in [0.2, 0.25) is 10.0 Å². The average molecular weight is 390 g/mol. The molecule has 0 spiro atoms. The molecule has 1 heterocycles. The molecular formula is C19H22N2O5S. The Kier molecular flexibility index (Phi) is 5.67. The van der Waals surface area contributed by atoms with Gasteiger partial charge in [0.15, 0.2) is 6.10 Å². The fraction of sp³-hybridized carbons (Fsp3) is 0.316. The topological polar surface area (TPSA) is 84.9 Å². The SMILES string of the molecule is CCOc1ccc(S(=O)(=O)NCCC2Oc3ccccc3N(C)C2=O)cc1. The van der Waals surface area contributed by atoms with Gasteiger partial charge in [-0.2, -0.15) is 0 Å². The number of carbonyl (C=O) groups excluding carboxylic acids is 1. The average Bonchev–Trinajstić information content (AvgIpc) is 2.66. The summed E-state index contributed by atoms with van der Waals surface area (Å²) in [6, 6.07) is 13.4. The number of sulfonamides is 1. The summed E-state index contributed by atoms with van der Waals surface area (Å²) in [4.78, 5) is 14.1. The Bertz CT molecular complexity index is 912. The molecule has 1 aliphatic heterocycles. The first-order valence-electron chi connectivity index (χ1n) is 8.68. The summed E-state index contributed by atoms with van der Waals surface area (Å²) in [5.41, 5.74) is 0.703. The fourth-order valence-corrected chi connectivity index (χ4v) is 3.89. The van der Waals surface area contributed by atoms with Crippen molar-refractivity contribution < 1.29 is 22.7 Å². The number of nitrogens with one attached hydrogen (secondary N) is 1. The molecule has 0 fully saturated rings. The van der Waals surface area contributed by atoms with Gasteiger partial charge < -0.3 is 14.4 Å². The van der Waals surface area contributed by atoms with E-state index in [4.69, 9.17) is 9.47 Å². The van der Waals surface area contributed by atoms with E-state index in [-0.39, 0.29) is 23.8 Å². The Hall–Kier alpha value is -2.58. The fourth-order valence-electron chi connectivity index (χ4n) is 2.84. The zero-order valence-electron chi connectivity index (χ0n) is 15.2. The van der Waals surface area contributed by atoms with Crippen LogP contribution >= 0.6 is 0 Å². The van der Waals surface area contributed by atoms with E-state index in [1.54, 1.807) is 31.3 Å². The van der Waals surface area contributed by atoms with E-state index in [0.717, 1.165) is 0 Å². The monoisotopic (exact) mass is 390 g/mol. The van der Waals surface area contributed by atoms with Crippen LogP contribution in [0.4, 0.5) is 5.69 Å². The van der Waals surface area contributed by atoms with Gasteiger partial charge in [0, 0.05) is 20.0 Å². The first-order valence-corrected chi connectivity index (χ1v) is 10.2. The van der Waals surface area contributed by atoms with Crippen LogP contribution in [0.1, 0.15) is 13.3 Å². The first kappa shape index (κ1) is 19.2. The lowest BCUT2D eigenvalue weighted by Crippen LogP contribution is -2.45. The molecule has 3 rings (SSSR count). The predicted octanol–water partition coefficient (Wildman–Crippen LogP) is 2.18. The van der Waals surface area contributed by atoms with E-state index >= 15 is 0 Å². The van der Waals surface area contributed by atoms with Gasteiger partial charge in [-0.1, -0.05) is 12.1 Å². The maximum atomic E-state index is 12.4. The Morgan fingerprint density at radius 1 is 1.15 bits per heavy atom. The highest BCUT2D eigenvalue weighted by Crippen LogP contribution is 2.33. The van der Waals surface area contributed by atoms with Crippen LogP contribution in [0.25, 0.3) is 0 Å². The number of fused-ring (bicyclic) bond motifs is 1. The van der Waals surface area contributed by atoms with Gasteiger partial charge in [0.05, 0.1) is 17.2 Å². The van der Waals surface area contributed by atoms with Crippen LogP contribution in [0.15, 0.2) is 53.4 Å². The number of rotatable bonds is 7. The number of hydrogen-bond acceptors (Lipinski definition) is 5. The van der Waals surface area contributed by atoms with Crippen molar-refractivity contribution in [2.75, 3.05) is 25.1 Å². The van der Waals surface area contributed by atoms with Crippen LogP contribution in [0.3, 0.4) is 0 Å². The van der Waals surface area contributed by atoms with Crippen LogP contribution in [0, 0.1) is 0 Å². The van der Waals surface area contributed by atoms with Crippen LogP contribution in [0.2, 0.25) is 0 Å². The highest BCUT2D eigenvalue weighted by molar-refractivity contribution is 7.89. The minimum absolute atomic E-state index is 0.0853. The van der Waals surface area contributed by atoms with Crippen LogP contribution in [-0.2, 0) is 14.8 Å². The summed E-state index contributed by atoms with van der Waals surface area (Å²) in [5, 5.41) is 0. The van der Waals surface area contributed by atoms with Gasteiger partial charge in [-0.05, 0) is 43.3 Å². The minimum atomic E-state index is -3.67. The number of anilines is 1. The van der Waals surface area contributed by atoms with Crippen molar-refractivity contribution in [3.05, 3.63) is 48.5 Å². The Labute approximate surface area is 158 Å². The third-order valence-electron chi connectivity index (χ3n) is 4.25. The lowest BCUT2D eigenvalue weighted by atomic mass is 10.1. The number of carbonyl (C=O) groups is 1. The van der Waals surface area contributed by atoms with Gasteiger partial charge in [0.25, 0.3) is 5.91 Å². The Morgan fingerprint density at radius 3 is 2.56 bits per heavy atom. The zero-order chi connectivity index (χ0) is 19.4. The molecule has 1 unspecified atom stereocenters. The van der Waals surface area contributed by atoms with Crippen molar-refractivity contribution in [3.8, 4) is 11.5 Å². The maximum Gasteiger partial charge on any atom is 0.267 e. The van der Waals surface area contributed by atoms with E-state index in [1.807, 2.05) is 19.1 Å². The molecule has 7 nitrogen and oxygen atoms in total. The number of likely N-dealkylation sites (N-methyl/N-ethyl adjacent to an activating group) is 1. The molecule has 0 saturated carbocycles. The second kappa shape index (κ2) is 7.98. The third-order valence-corrected chi connectivity index (χ3v) is 5.72. The second-order valence-corrected chi connectivity index (χ2v) is 7.83. The Morgan fingerprint density at radius 2 is 1.85 bits per heavy atom. The molecule has 2 aromatic rings. The molecule has 0 bridgehead atoms. The molecule has 1 amide bonds. The maximum absolute atomic E-state index is 12.4. The van der Waals surface area contributed by atoms with E-state index in [1.165, 1.54) is 17.0 Å². The van der Waals surface area contributed by atoms with Crippen molar-refractivity contribution in [2.24, 2.45) is 0 Å². The van der Waals surface area contributed by atoms with Crippen LogP contribution in [-0.4, -0.2) is 40.6 Å². The number of ether oxygens (including phenoxy) is 2. The molecule has 8 heteroatoms. The number of nitrogens with zero attached hydrogens (tertiary/aromatic N) is 1. The van der Waals surface area contributed by atoms with Crippen molar-refractivity contribution in [3.63, 3.8) is 0 Å². The minimum Gasteiger partial charge on any atom is -0.494 e. The van der Waals surface area contributed by atoms with Gasteiger partial charge >= 0.3 is 0 Å². The highest BCUT2D eigenvalue weighted by atomic mass is 32.2. The van der Waals surface area contributed by atoms with Gasteiger partial charge in [0.1, 0.15) is 11.5 Å². The number of para-hydroxylation sites is 2. The largest absolute Gasteiger partial charge is 0.494 e. The highest BCUT2D eigenvalue weighted by Gasteiger charge is 2.31. The molecular weight excluding hydrogens is 368 g/mol. The van der Waals surface area contributed by atoms with E-state index in [9.17, 15) is 13.2 Å². The molecule has 0 aromatic heterocycles. The number of amides is 1. The van der Waals surface area contributed by atoms with E-state index in [2.05, 4.69) is 4.72 Å². The van der Waals surface area contributed by atoms with Gasteiger partial charge in [-0.25, -0.2) is 13.1 Å². The molecule has 0 aliphatic carbocycles. The lowest BCUT2D eigenvalue weighted by Gasteiger charge is -2.31. The van der Waals surface area contributed by atoms with Crippen LogP contribution < -0.4 is 19.1 Å². The molecule has 2 aromatic carbocycles. The first-order chi connectivity index (χ1) is 12.9. The van der Waals surface area contributed by atoms with Gasteiger partial charge in [-0.15, -0.1) is 0 Å². The summed E-state index contributed by atoms with van der Waals surface area (Å²) in [7, 11) is -1.99. The lowest BCUT2D eigenvalue weighted by molar-refractivity contribution is -0.126. The normalized spacial score (nSPS) is 16.6. The second-order valence-electron chi connectivity index (χ2n) is 6.06. The van der Waals surface area contributed by atoms with Crippen molar-refractivity contribution in [2.45, 2.75) is 24.3 Å². The van der Waals surface area contributed by atoms with Crippen molar-refractivity contribution in [1.82, 2.24) is 4.72 Å². The molecule has 0 saturated heterocycles. The zero-order valence-corrected chi connectivity index (χ0v) is 16.0. The van der Waals surface area contributed by atoms with Gasteiger partial charge in [-0.3, -0.25) is 4.79 Å². The predicted molar refractivity (Wildman–Crippen MR) is 102 cm³/mol. The van der Waals surface area contributed by atoms with E-state index in [0.29, 0.717) is 23.8 Å². The summed E-state index contributed by atoms with van der Waals surface area (Å²) < 4.78 is 38.4.